The molecule has 4 heteroatoms. The van der Waals surface area contributed by atoms with E-state index >= 15 is 0 Å². The molecule has 1 saturated carbocycles. The summed E-state index contributed by atoms with van der Waals surface area (Å²) < 4.78 is 0. The van der Waals surface area contributed by atoms with E-state index in [9.17, 15) is 9.90 Å². The van der Waals surface area contributed by atoms with Crippen LogP contribution in [0.5, 0.6) is 0 Å². The van der Waals surface area contributed by atoms with Gasteiger partial charge in [0.15, 0.2) is 5.78 Å². The first kappa shape index (κ1) is 18.6. The van der Waals surface area contributed by atoms with Crippen molar-refractivity contribution >= 4 is 34.6 Å². The van der Waals surface area contributed by atoms with Crippen LogP contribution in [0.2, 0.25) is 10.0 Å². The van der Waals surface area contributed by atoms with Crippen molar-refractivity contribution in [2.75, 3.05) is 0 Å². The molecule has 2 nitrogen and oxygen atoms in total. The number of benzene rings is 2. The summed E-state index contributed by atoms with van der Waals surface area (Å²) in [6.45, 7) is 1.97. The van der Waals surface area contributed by atoms with Gasteiger partial charge in [-0.05, 0) is 54.7 Å². The molecule has 0 unspecified atom stereocenters. The maximum absolute atomic E-state index is 12.9. The number of hydrogen-bond donors (Lipinski definition) is 1. The Hall–Kier alpha value is -1.77. The SMILES string of the molecule is Cc1ccc(-c2ccc(Cl)cc2Cl)cc1C1=C(O)C2(CCCCC2)CC1=O. The van der Waals surface area contributed by atoms with Gasteiger partial charge in [-0.1, -0.05) is 60.7 Å². The summed E-state index contributed by atoms with van der Waals surface area (Å²) >= 11 is 12.4. The highest BCUT2D eigenvalue weighted by Crippen LogP contribution is 2.52. The molecule has 0 atom stereocenters. The largest absolute Gasteiger partial charge is 0.511 e. The maximum Gasteiger partial charge on any atom is 0.167 e. The van der Waals surface area contributed by atoms with Gasteiger partial charge in [-0.3, -0.25) is 4.79 Å². The standard InChI is InChI=1S/C23H22Cl2O2/c1-14-5-6-15(17-8-7-16(24)12-19(17)25)11-18(14)21-20(26)13-23(22(21)27)9-3-2-4-10-23/h5-8,11-12,27H,2-4,9-10,13H2,1H3. The Bertz CT molecular complexity index is 953. The number of carbonyl (C=O) groups is 1. The molecule has 0 aliphatic heterocycles. The second kappa shape index (κ2) is 7.00. The lowest BCUT2D eigenvalue weighted by Gasteiger charge is -2.32. The number of Topliss-reactive ketones (excluding diaryl/α,β-unsaturated/α-hetero) is 1. The van der Waals surface area contributed by atoms with Crippen LogP contribution < -0.4 is 0 Å². The first-order valence-electron chi connectivity index (χ1n) is 9.45. The van der Waals surface area contributed by atoms with E-state index in [1.807, 2.05) is 31.2 Å². The number of aryl methyl sites for hydroxylation is 1. The second-order valence-corrected chi connectivity index (χ2v) is 8.66. The molecule has 2 aliphatic rings. The van der Waals surface area contributed by atoms with Gasteiger partial charge in [0.25, 0.3) is 0 Å². The van der Waals surface area contributed by atoms with Crippen molar-refractivity contribution in [2.45, 2.75) is 45.4 Å². The number of aliphatic hydroxyl groups excluding tert-OH is 1. The summed E-state index contributed by atoms with van der Waals surface area (Å²) in [6.07, 6.45) is 5.56. The van der Waals surface area contributed by atoms with E-state index in [0.717, 1.165) is 47.9 Å². The molecule has 4 rings (SSSR count). The molecule has 1 N–H and O–H groups in total. The minimum Gasteiger partial charge on any atom is -0.511 e. The zero-order chi connectivity index (χ0) is 19.2. The topological polar surface area (TPSA) is 37.3 Å². The molecule has 2 aromatic carbocycles. The Labute approximate surface area is 169 Å². The lowest BCUT2D eigenvalue weighted by molar-refractivity contribution is -0.114. The molecule has 2 aliphatic carbocycles. The molecule has 2 aromatic rings. The monoisotopic (exact) mass is 400 g/mol. The Morgan fingerprint density at radius 2 is 1.70 bits per heavy atom. The lowest BCUT2D eigenvalue weighted by Crippen LogP contribution is -2.24. The predicted molar refractivity (Wildman–Crippen MR) is 111 cm³/mol. The molecule has 1 spiro atoms. The number of rotatable bonds is 2. The highest BCUT2D eigenvalue weighted by atomic mass is 35.5. The average Bonchev–Trinajstić information content (AvgIpc) is 2.86. The van der Waals surface area contributed by atoms with E-state index in [0.29, 0.717) is 27.8 Å². The highest BCUT2D eigenvalue weighted by Gasteiger charge is 2.46. The van der Waals surface area contributed by atoms with Crippen LogP contribution in [0.1, 0.15) is 49.7 Å². The van der Waals surface area contributed by atoms with Crippen LogP contribution >= 0.6 is 23.2 Å². The first-order chi connectivity index (χ1) is 12.9. The Kier molecular flexibility index (Phi) is 4.82. The van der Waals surface area contributed by atoms with Gasteiger partial charge in [0.1, 0.15) is 5.76 Å². The Morgan fingerprint density at radius 1 is 0.963 bits per heavy atom. The van der Waals surface area contributed by atoms with Crippen molar-refractivity contribution in [3.63, 3.8) is 0 Å². The summed E-state index contributed by atoms with van der Waals surface area (Å²) in [5.74, 6) is 0.353. The fourth-order valence-corrected chi connectivity index (χ4v) is 5.10. The highest BCUT2D eigenvalue weighted by molar-refractivity contribution is 6.36. The van der Waals surface area contributed by atoms with Crippen LogP contribution in [0.4, 0.5) is 0 Å². The van der Waals surface area contributed by atoms with Crippen molar-refractivity contribution < 1.29 is 9.90 Å². The lowest BCUT2D eigenvalue weighted by atomic mass is 9.72. The molecule has 27 heavy (non-hydrogen) atoms. The van der Waals surface area contributed by atoms with Gasteiger partial charge in [-0.2, -0.15) is 0 Å². The zero-order valence-electron chi connectivity index (χ0n) is 15.3. The van der Waals surface area contributed by atoms with Crippen LogP contribution in [0.3, 0.4) is 0 Å². The third kappa shape index (κ3) is 3.19. The predicted octanol–water partition coefficient (Wildman–Crippen LogP) is 7.16. The fourth-order valence-electron chi connectivity index (χ4n) is 4.58. The van der Waals surface area contributed by atoms with Gasteiger partial charge >= 0.3 is 0 Å². The summed E-state index contributed by atoms with van der Waals surface area (Å²) in [7, 11) is 0. The second-order valence-electron chi connectivity index (χ2n) is 7.82. The van der Waals surface area contributed by atoms with Crippen molar-refractivity contribution in [3.8, 4) is 11.1 Å². The molecule has 0 amide bonds. The van der Waals surface area contributed by atoms with E-state index in [1.54, 1.807) is 12.1 Å². The van der Waals surface area contributed by atoms with Gasteiger partial charge in [-0.15, -0.1) is 0 Å². The summed E-state index contributed by atoms with van der Waals surface area (Å²) in [6, 6.07) is 11.3. The molecule has 1 fully saturated rings. The summed E-state index contributed by atoms with van der Waals surface area (Å²) in [5, 5.41) is 12.2. The van der Waals surface area contributed by atoms with E-state index in [2.05, 4.69) is 0 Å². The smallest absolute Gasteiger partial charge is 0.167 e. The van der Waals surface area contributed by atoms with E-state index < -0.39 is 0 Å². The molecular weight excluding hydrogens is 379 g/mol. The van der Waals surface area contributed by atoms with Gasteiger partial charge in [0.05, 0.1) is 5.57 Å². The zero-order valence-corrected chi connectivity index (χ0v) is 16.8. The number of allylic oxidation sites excluding steroid dienone is 2. The normalized spacial score (nSPS) is 19.1. The van der Waals surface area contributed by atoms with E-state index in [-0.39, 0.29) is 11.2 Å². The van der Waals surface area contributed by atoms with E-state index in [4.69, 9.17) is 23.2 Å². The third-order valence-electron chi connectivity index (χ3n) is 6.08. The summed E-state index contributed by atoms with van der Waals surface area (Å²) in [5.41, 5.74) is 3.72. The fraction of sp³-hybridized carbons (Fsp3) is 0.348. The van der Waals surface area contributed by atoms with Gasteiger partial charge in [-0.25, -0.2) is 0 Å². The molecular formula is C23H22Cl2O2. The number of ketones is 1. The van der Waals surface area contributed by atoms with Crippen molar-refractivity contribution in [1.82, 2.24) is 0 Å². The van der Waals surface area contributed by atoms with Gasteiger partial charge < -0.3 is 5.11 Å². The average molecular weight is 401 g/mol. The van der Waals surface area contributed by atoms with E-state index in [1.165, 1.54) is 6.42 Å². The number of aliphatic hydroxyl groups is 1. The van der Waals surface area contributed by atoms with Crippen LogP contribution in [0, 0.1) is 12.3 Å². The van der Waals surface area contributed by atoms with Crippen molar-refractivity contribution in [3.05, 3.63) is 63.3 Å². The summed E-state index contributed by atoms with van der Waals surface area (Å²) in [4.78, 5) is 12.9. The van der Waals surface area contributed by atoms with Crippen LogP contribution in [0.15, 0.2) is 42.2 Å². The molecule has 0 saturated heterocycles. The van der Waals surface area contributed by atoms with Crippen LogP contribution in [0.25, 0.3) is 16.7 Å². The minimum atomic E-state index is -0.342. The minimum absolute atomic E-state index is 0.0526. The van der Waals surface area contributed by atoms with Gasteiger partial charge in [0.2, 0.25) is 0 Å². The molecule has 0 heterocycles. The molecule has 0 aromatic heterocycles. The third-order valence-corrected chi connectivity index (χ3v) is 6.62. The Morgan fingerprint density at radius 3 is 2.41 bits per heavy atom. The van der Waals surface area contributed by atoms with Crippen LogP contribution in [-0.2, 0) is 4.79 Å². The Balaban J connectivity index is 1.83. The van der Waals surface area contributed by atoms with Gasteiger partial charge in [0, 0.05) is 27.4 Å². The number of carbonyl (C=O) groups excluding carboxylic acids is 1. The molecule has 0 radical (unpaired) electrons. The van der Waals surface area contributed by atoms with Crippen molar-refractivity contribution in [2.24, 2.45) is 5.41 Å². The van der Waals surface area contributed by atoms with Crippen molar-refractivity contribution in [1.29, 1.82) is 0 Å². The molecule has 140 valence electrons. The maximum atomic E-state index is 12.9. The number of halogens is 2. The number of hydrogen-bond acceptors (Lipinski definition) is 2. The quantitative estimate of drug-likeness (QED) is 0.580. The van der Waals surface area contributed by atoms with Crippen LogP contribution in [-0.4, -0.2) is 10.9 Å². The first-order valence-corrected chi connectivity index (χ1v) is 10.2. The molecule has 0 bridgehead atoms.